The van der Waals surface area contributed by atoms with Gasteiger partial charge in [-0.1, -0.05) is 0 Å². The highest BCUT2D eigenvalue weighted by molar-refractivity contribution is 7.77. The van der Waals surface area contributed by atoms with Crippen LogP contribution in [0.1, 0.15) is 0 Å². The molecule has 0 saturated carbocycles. The van der Waals surface area contributed by atoms with Gasteiger partial charge >= 0.3 is 5.69 Å². The van der Waals surface area contributed by atoms with Crippen LogP contribution in [0.4, 0.5) is 5.69 Å². The van der Waals surface area contributed by atoms with Gasteiger partial charge in [-0.15, -0.1) is 0 Å². The van der Waals surface area contributed by atoms with E-state index in [1.165, 1.54) is 0 Å². The van der Waals surface area contributed by atoms with Crippen molar-refractivity contribution in [2.24, 2.45) is 0 Å². The van der Waals surface area contributed by atoms with E-state index in [4.69, 9.17) is 4.55 Å². The number of hydrogen-bond acceptors (Lipinski definition) is 4. The van der Waals surface area contributed by atoms with E-state index in [9.17, 15) is 14.3 Å². The van der Waals surface area contributed by atoms with Gasteiger partial charge in [0.05, 0.1) is 4.92 Å². The number of hydrogen-bond donors (Lipinski definition) is 1. The highest BCUT2D eigenvalue weighted by Gasteiger charge is 2.10. The van der Waals surface area contributed by atoms with Crippen LogP contribution in [0.5, 0.6) is 0 Å². The Hall–Kier alpha value is -1.28. The third-order valence-electron chi connectivity index (χ3n) is 0.917. The molecule has 60 valence electrons. The summed E-state index contributed by atoms with van der Waals surface area (Å²) >= 11 is -2.32. The lowest BCUT2D eigenvalue weighted by atomic mass is 10.6. The van der Waals surface area contributed by atoms with E-state index in [0.717, 1.165) is 12.4 Å². The van der Waals surface area contributed by atoms with Gasteiger partial charge in [0.1, 0.15) is 12.4 Å². The van der Waals surface area contributed by atoms with Gasteiger partial charge in [0.15, 0.2) is 0 Å². The zero-order chi connectivity index (χ0) is 8.43. The highest BCUT2D eigenvalue weighted by atomic mass is 32.2. The Morgan fingerprint density at radius 1 is 1.82 bits per heavy atom. The van der Waals surface area contributed by atoms with Gasteiger partial charge in [0.25, 0.3) is 11.3 Å². The lowest BCUT2D eigenvalue weighted by Gasteiger charge is -1.86. The molecular weight excluding hydrogens is 174 g/mol. The summed E-state index contributed by atoms with van der Waals surface area (Å²) in [6, 6.07) is 0. The minimum Gasteiger partial charge on any atom is -0.288 e. The minimum absolute atomic E-state index is 0.313. The monoisotopic (exact) mass is 177 g/mol. The minimum atomic E-state index is -2.32. The lowest BCUT2D eigenvalue weighted by Crippen LogP contribution is -2.01. The van der Waals surface area contributed by atoms with Crippen molar-refractivity contribution in [3.05, 3.63) is 22.5 Å². The van der Waals surface area contributed by atoms with E-state index in [0.29, 0.717) is 4.09 Å². The molecule has 1 rings (SSSR count). The Kier molecular flexibility index (Phi) is 1.96. The van der Waals surface area contributed by atoms with Crippen molar-refractivity contribution in [2.45, 2.75) is 0 Å². The van der Waals surface area contributed by atoms with Crippen LogP contribution in [-0.4, -0.2) is 22.9 Å². The lowest BCUT2D eigenvalue weighted by molar-refractivity contribution is -0.384. The first-order valence-corrected chi connectivity index (χ1v) is 3.48. The van der Waals surface area contributed by atoms with Crippen molar-refractivity contribution in [3.63, 3.8) is 0 Å². The largest absolute Gasteiger partial charge is 0.308 e. The molecule has 0 radical (unpaired) electrons. The van der Waals surface area contributed by atoms with Crippen molar-refractivity contribution >= 4 is 17.0 Å². The molecule has 0 saturated heterocycles. The normalized spacial score (nSPS) is 12.8. The SMILES string of the molecule is O=[N+]([O-])c1cnn(S(=O)O)c1. The summed E-state index contributed by atoms with van der Waals surface area (Å²) in [7, 11) is 0. The van der Waals surface area contributed by atoms with Crippen LogP contribution in [0.2, 0.25) is 0 Å². The van der Waals surface area contributed by atoms with Crippen LogP contribution in [0.3, 0.4) is 0 Å². The van der Waals surface area contributed by atoms with Crippen molar-refractivity contribution in [3.8, 4) is 0 Å². The van der Waals surface area contributed by atoms with E-state index < -0.39 is 16.2 Å². The summed E-state index contributed by atoms with van der Waals surface area (Å²) in [5.74, 6) is 0. The third kappa shape index (κ3) is 1.59. The van der Waals surface area contributed by atoms with E-state index in [1.54, 1.807) is 0 Å². The van der Waals surface area contributed by atoms with Crippen LogP contribution in [0.15, 0.2) is 12.4 Å². The maximum Gasteiger partial charge on any atom is 0.308 e. The van der Waals surface area contributed by atoms with E-state index in [-0.39, 0.29) is 5.69 Å². The fraction of sp³-hybridized carbons (Fsp3) is 0. The summed E-state index contributed by atoms with van der Waals surface area (Å²) in [5, 5.41) is 13.3. The van der Waals surface area contributed by atoms with E-state index >= 15 is 0 Å². The molecule has 1 atom stereocenters. The summed E-state index contributed by atoms with van der Waals surface area (Å²) in [6.07, 6.45) is 1.77. The van der Waals surface area contributed by atoms with Gasteiger partial charge in [-0.25, -0.2) is 4.21 Å². The molecule has 0 aliphatic heterocycles. The Morgan fingerprint density at radius 3 is 2.73 bits per heavy atom. The van der Waals surface area contributed by atoms with E-state index in [2.05, 4.69) is 5.10 Å². The maximum absolute atomic E-state index is 10.2. The summed E-state index contributed by atoms with van der Waals surface area (Å²) in [4.78, 5) is 9.31. The second-order valence-corrected chi connectivity index (χ2v) is 2.42. The van der Waals surface area contributed by atoms with Gasteiger partial charge in [-0.05, 0) is 0 Å². The molecule has 0 fully saturated rings. The molecule has 0 amide bonds. The molecule has 1 N–H and O–H groups in total. The Morgan fingerprint density at radius 2 is 2.45 bits per heavy atom. The van der Waals surface area contributed by atoms with Gasteiger partial charge in [0, 0.05) is 0 Å². The molecule has 0 aliphatic rings. The molecule has 7 nitrogen and oxygen atoms in total. The van der Waals surface area contributed by atoms with Crippen LogP contribution in [0, 0.1) is 10.1 Å². The first-order valence-electron chi connectivity index (χ1n) is 2.41. The molecule has 1 heterocycles. The zero-order valence-corrected chi connectivity index (χ0v) is 5.89. The molecule has 8 heteroatoms. The highest BCUT2D eigenvalue weighted by Crippen LogP contribution is 2.07. The van der Waals surface area contributed by atoms with Crippen LogP contribution < -0.4 is 0 Å². The molecule has 1 aromatic rings. The maximum atomic E-state index is 10.2. The average Bonchev–Trinajstić information content (AvgIpc) is 2.33. The Bertz CT molecular complexity index is 279. The van der Waals surface area contributed by atoms with Crippen molar-refractivity contribution in [2.75, 3.05) is 0 Å². The molecular formula is C3H3N3O4S. The first kappa shape index (κ1) is 7.82. The predicted molar refractivity (Wildman–Crippen MR) is 35.1 cm³/mol. The van der Waals surface area contributed by atoms with Gasteiger partial charge in [0.2, 0.25) is 0 Å². The second-order valence-electron chi connectivity index (χ2n) is 1.59. The summed E-state index contributed by atoms with van der Waals surface area (Å²) in [6.45, 7) is 0. The van der Waals surface area contributed by atoms with Crippen molar-refractivity contribution in [1.29, 1.82) is 0 Å². The van der Waals surface area contributed by atoms with Crippen LogP contribution in [0.25, 0.3) is 0 Å². The van der Waals surface area contributed by atoms with Gasteiger partial charge in [-0.2, -0.15) is 9.19 Å². The molecule has 0 spiro atoms. The van der Waals surface area contributed by atoms with Gasteiger partial charge < -0.3 is 0 Å². The fourth-order valence-corrected chi connectivity index (χ4v) is 0.802. The number of nitrogens with zero attached hydrogens (tertiary/aromatic N) is 3. The summed E-state index contributed by atoms with van der Waals surface area (Å²) in [5.41, 5.74) is -0.313. The predicted octanol–water partition coefficient (Wildman–Crippen LogP) is -0.224. The second kappa shape index (κ2) is 2.76. The third-order valence-corrected chi connectivity index (χ3v) is 1.44. The Balaban J connectivity index is 2.99. The molecule has 1 unspecified atom stereocenters. The standard InChI is InChI=1S/C3H3N3O4S/c7-6(8)3-1-4-5(2-3)11(9)10/h1-2H,(H,9,10). The number of rotatable bonds is 2. The fourth-order valence-electron chi connectivity index (χ4n) is 0.476. The smallest absolute Gasteiger partial charge is 0.288 e. The molecule has 0 aliphatic carbocycles. The first-order chi connectivity index (χ1) is 5.11. The topological polar surface area (TPSA) is 98.3 Å². The summed E-state index contributed by atoms with van der Waals surface area (Å²) < 4.78 is 19.2. The quantitative estimate of drug-likeness (QED) is 0.382. The van der Waals surface area contributed by atoms with Crippen LogP contribution >= 0.6 is 0 Å². The zero-order valence-electron chi connectivity index (χ0n) is 5.08. The number of nitro groups is 1. The molecule has 0 aromatic carbocycles. The molecule has 11 heavy (non-hydrogen) atoms. The van der Waals surface area contributed by atoms with Crippen molar-refractivity contribution in [1.82, 2.24) is 9.19 Å². The molecule has 0 bridgehead atoms. The molecule has 1 aromatic heterocycles. The van der Waals surface area contributed by atoms with Crippen LogP contribution in [-0.2, 0) is 11.3 Å². The van der Waals surface area contributed by atoms with Gasteiger partial charge in [-0.3, -0.25) is 14.7 Å². The Labute approximate surface area is 63.2 Å². The van der Waals surface area contributed by atoms with E-state index in [1.807, 2.05) is 0 Å². The van der Waals surface area contributed by atoms with Crippen molar-refractivity contribution < 1.29 is 13.7 Å². The average molecular weight is 177 g/mol. The number of aromatic nitrogens is 2.